The van der Waals surface area contributed by atoms with Crippen LogP contribution in [0, 0.1) is 0 Å². The first-order chi connectivity index (χ1) is 9.63. The van der Waals surface area contributed by atoms with Gasteiger partial charge < -0.3 is 10.4 Å². The molecule has 1 rings (SSSR count). The highest BCUT2D eigenvalue weighted by Crippen LogP contribution is 2.16. The van der Waals surface area contributed by atoms with Crippen molar-refractivity contribution in [2.75, 3.05) is 5.32 Å². The number of unbranched alkanes of at least 4 members (excludes halogenated alkanes) is 5. The number of aliphatic hydroxyl groups excluding tert-OH is 1. The fourth-order valence-corrected chi connectivity index (χ4v) is 2.13. The molecule has 1 unspecified atom stereocenters. The van der Waals surface area contributed by atoms with Gasteiger partial charge in [0.25, 0.3) is 0 Å². The van der Waals surface area contributed by atoms with Crippen LogP contribution in [0.3, 0.4) is 0 Å². The molecule has 1 aromatic carbocycles. The molecule has 0 aliphatic heterocycles. The molecule has 0 bridgehead atoms. The molecular formula is C17H27NO2. The monoisotopic (exact) mass is 277 g/mol. The van der Waals surface area contributed by atoms with E-state index in [1.807, 2.05) is 24.3 Å². The second kappa shape index (κ2) is 9.54. The molecule has 0 spiro atoms. The average Bonchev–Trinajstić information content (AvgIpc) is 2.43. The first kappa shape index (κ1) is 16.7. The summed E-state index contributed by atoms with van der Waals surface area (Å²) >= 11 is 0. The molecule has 0 saturated heterocycles. The number of hydrogen-bond donors (Lipinski definition) is 2. The van der Waals surface area contributed by atoms with E-state index in [2.05, 4.69) is 12.2 Å². The highest BCUT2D eigenvalue weighted by Gasteiger charge is 2.04. The van der Waals surface area contributed by atoms with E-state index in [1.165, 1.54) is 25.7 Å². The van der Waals surface area contributed by atoms with Crippen molar-refractivity contribution in [3.63, 3.8) is 0 Å². The summed E-state index contributed by atoms with van der Waals surface area (Å²) < 4.78 is 0. The minimum Gasteiger partial charge on any atom is -0.389 e. The Morgan fingerprint density at radius 2 is 1.70 bits per heavy atom. The van der Waals surface area contributed by atoms with Gasteiger partial charge in [0.1, 0.15) is 0 Å². The van der Waals surface area contributed by atoms with Crippen LogP contribution in [-0.4, -0.2) is 11.0 Å². The fourth-order valence-electron chi connectivity index (χ4n) is 2.13. The minimum atomic E-state index is -0.470. The summed E-state index contributed by atoms with van der Waals surface area (Å²) in [6, 6.07) is 7.35. The summed E-state index contributed by atoms with van der Waals surface area (Å²) in [4.78, 5) is 11.8. The Kier molecular flexibility index (Phi) is 7.97. The molecule has 0 aliphatic rings. The zero-order valence-corrected chi connectivity index (χ0v) is 12.7. The van der Waals surface area contributed by atoms with Crippen molar-refractivity contribution in [1.82, 2.24) is 0 Å². The highest BCUT2D eigenvalue weighted by molar-refractivity contribution is 5.90. The molecule has 1 aromatic rings. The van der Waals surface area contributed by atoms with Gasteiger partial charge in [-0.1, -0.05) is 51.2 Å². The van der Waals surface area contributed by atoms with Crippen LogP contribution in [0.25, 0.3) is 0 Å². The molecule has 1 amide bonds. The van der Waals surface area contributed by atoms with Crippen molar-refractivity contribution in [1.29, 1.82) is 0 Å². The molecule has 112 valence electrons. The standard InChI is InChI=1S/C17H27NO2/c1-3-4-5-6-7-8-9-17(20)18-16-12-10-15(11-13-16)14(2)19/h10-14,19H,3-9H2,1-2H3,(H,18,20). The number of nitrogens with one attached hydrogen (secondary N) is 1. The van der Waals surface area contributed by atoms with Crippen molar-refractivity contribution in [2.24, 2.45) is 0 Å². The molecule has 0 radical (unpaired) electrons. The lowest BCUT2D eigenvalue weighted by Crippen LogP contribution is -2.11. The molecule has 3 nitrogen and oxygen atoms in total. The number of amides is 1. The maximum Gasteiger partial charge on any atom is 0.224 e. The topological polar surface area (TPSA) is 49.3 Å². The number of rotatable bonds is 9. The van der Waals surface area contributed by atoms with Crippen molar-refractivity contribution in [3.8, 4) is 0 Å². The summed E-state index contributed by atoms with van der Waals surface area (Å²) in [6.45, 7) is 3.93. The summed E-state index contributed by atoms with van der Waals surface area (Å²) in [6.07, 6.45) is 7.26. The average molecular weight is 277 g/mol. The molecule has 0 heterocycles. The van der Waals surface area contributed by atoms with Crippen LogP contribution < -0.4 is 5.32 Å². The van der Waals surface area contributed by atoms with Crippen LogP contribution >= 0.6 is 0 Å². The van der Waals surface area contributed by atoms with Crippen molar-refractivity contribution in [2.45, 2.75) is 64.9 Å². The number of benzene rings is 1. The van der Waals surface area contributed by atoms with Gasteiger partial charge in [-0.3, -0.25) is 4.79 Å². The molecule has 2 N–H and O–H groups in total. The van der Waals surface area contributed by atoms with Crippen LogP contribution in [0.5, 0.6) is 0 Å². The number of anilines is 1. The Labute approximate surface area is 122 Å². The first-order valence-electron chi connectivity index (χ1n) is 7.71. The zero-order valence-electron chi connectivity index (χ0n) is 12.7. The van der Waals surface area contributed by atoms with Crippen molar-refractivity contribution in [3.05, 3.63) is 29.8 Å². The van der Waals surface area contributed by atoms with E-state index in [0.29, 0.717) is 6.42 Å². The smallest absolute Gasteiger partial charge is 0.224 e. The van der Waals surface area contributed by atoms with E-state index in [-0.39, 0.29) is 5.91 Å². The van der Waals surface area contributed by atoms with Gasteiger partial charge in [0, 0.05) is 12.1 Å². The molecule has 0 aromatic heterocycles. The molecule has 3 heteroatoms. The van der Waals surface area contributed by atoms with Gasteiger partial charge in [-0.25, -0.2) is 0 Å². The number of carbonyl (C=O) groups is 1. The lowest BCUT2D eigenvalue weighted by Gasteiger charge is -2.08. The highest BCUT2D eigenvalue weighted by atomic mass is 16.3. The van der Waals surface area contributed by atoms with Gasteiger partial charge in [0.15, 0.2) is 0 Å². The minimum absolute atomic E-state index is 0.0743. The number of hydrogen-bond acceptors (Lipinski definition) is 2. The maximum atomic E-state index is 11.8. The molecular weight excluding hydrogens is 250 g/mol. The molecule has 0 aliphatic carbocycles. The van der Waals surface area contributed by atoms with E-state index in [1.54, 1.807) is 6.92 Å². The van der Waals surface area contributed by atoms with Gasteiger partial charge in [0.2, 0.25) is 5.91 Å². The lowest BCUT2D eigenvalue weighted by atomic mass is 10.1. The first-order valence-corrected chi connectivity index (χ1v) is 7.71. The van der Waals surface area contributed by atoms with Gasteiger partial charge in [0.05, 0.1) is 6.10 Å². The van der Waals surface area contributed by atoms with E-state index < -0.39 is 6.10 Å². The third-order valence-corrected chi connectivity index (χ3v) is 3.43. The molecule has 1 atom stereocenters. The van der Waals surface area contributed by atoms with E-state index in [9.17, 15) is 9.90 Å². The summed E-state index contributed by atoms with van der Waals surface area (Å²) in [7, 11) is 0. The van der Waals surface area contributed by atoms with Crippen molar-refractivity contribution >= 4 is 11.6 Å². The van der Waals surface area contributed by atoms with Crippen LogP contribution in [0.15, 0.2) is 24.3 Å². The van der Waals surface area contributed by atoms with Gasteiger partial charge >= 0.3 is 0 Å². The fraction of sp³-hybridized carbons (Fsp3) is 0.588. The molecule has 0 saturated carbocycles. The summed E-state index contributed by atoms with van der Waals surface area (Å²) in [5.41, 5.74) is 1.66. The van der Waals surface area contributed by atoms with Crippen molar-refractivity contribution < 1.29 is 9.90 Å². The van der Waals surface area contributed by atoms with E-state index in [4.69, 9.17) is 0 Å². The third-order valence-electron chi connectivity index (χ3n) is 3.43. The van der Waals surface area contributed by atoms with E-state index in [0.717, 1.165) is 24.1 Å². The number of aliphatic hydroxyl groups is 1. The zero-order chi connectivity index (χ0) is 14.8. The Hall–Kier alpha value is -1.35. The Balaban J connectivity index is 2.21. The summed E-state index contributed by atoms with van der Waals surface area (Å²) in [5.74, 6) is 0.0743. The van der Waals surface area contributed by atoms with E-state index >= 15 is 0 Å². The van der Waals surface area contributed by atoms with Crippen LogP contribution in [-0.2, 0) is 4.79 Å². The quantitative estimate of drug-likeness (QED) is 0.656. The lowest BCUT2D eigenvalue weighted by molar-refractivity contribution is -0.116. The Bertz CT molecular complexity index is 384. The van der Waals surface area contributed by atoms with Crippen LogP contribution in [0.1, 0.15) is 70.5 Å². The summed E-state index contributed by atoms with van der Waals surface area (Å²) in [5, 5.41) is 12.3. The Morgan fingerprint density at radius 1 is 1.10 bits per heavy atom. The second-order valence-electron chi connectivity index (χ2n) is 5.36. The van der Waals surface area contributed by atoms with Gasteiger partial charge in [-0.15, -0.1) is 0 Å². The molecule has 20 heavy (non-hydrogen) atoms. The van der Waals surface area contributed by atoms with Crippen LogP contribution in [0.2, 0.25) is 0 Å². The maximum absolute atomic E-state index is 11.8. The van der Waals surface area contributed by atoms with Crippen LogP contribution in [0.4, 0.5) is 5.69 Å². The predicted molar refractivity (Wildman–Crippen MR) is 83.7 cm³/mol. The number of carbonyl (C=O) groups excluding carboxylic acids is 1. The third kappa shape index (κ3) is 6.71. The largest absolute Gasteiger partial charge is 0.389 e. The van der Waals surface area contributed by atoms with Gasteiger partial charge in [-0.05, 0) is 31.0 Å². The predicted octanol–water partition coefficient (Wildman–Crippen LogP) is 4.43. The Morgan fingerprint density at radius 3 is 2.30 bits per heavy atom. The SMILES string of the molecule is CCCCCCCCC(=O)Nc1ccc(C(C)O)cc1. The second-order valence-corrected chi connectivity index (χ2v) is 5.36. The molecule has 0 fully saturated rings. The van der Waals surface area contributed by atoms with Gasteiger partial charge in [-0.2, -0.15) is 0 Å². The normalized spacial score (nSPS) is 12.2.